The zero-order valence-electron chi connectivity index (χ0n) is 9.83. The molecule has 2 unspecified atom stereocenters. The van der Waals surface area contributed by atoms with Crippen LogP contribution in [0.3, 0.4) is 0 Å². The Morgan fingerprint density at radius 1 is 1.16 bits per heavy atom. The van der Waals surface area contributed by atoms with Crippen molar-refractivity contribution in [2.75, 3.05) is 6.66 Å². The molecule has 2 N–H and O–H groups in total. The molecule has 1 aromatic rings. The fourth-order valence-electron chi connectivity index (χ4n) is 1.32. The van der Waals surface area contributed by atoms with Crippen molar-refractivity contribution >= 4 is 14.7 Å². The van der Waals surface area contributed by atoms with Crippen LogP contribution in [0.1, 0.15) is 11.4 Å². The monoisotopic (exact) mass is 317 g/mol. The van der Waals surface area contributed by atoms with Gasteiger partial charge in [0.2, 0.25) is 7.37 Å². The molecule has 0 radical (unpaired) electrons. The van der Waals surface area contributed by atoms with Crippen molar-refractivity contribution in [2.24, 2.45) is 0 Å². The molecule has 0 spiro atoms. The van der Waals surface area contributed by atoms with Gasteiger partial charge in [-0.05, 0) is 12.1 Å². The summed E-state index contributed by atoms with van der Waals surface area (Å²) in [5, 5.41) is 0. The second kappa shape index (κ2) is 5.37. The molecule has 0 aliphatic heterocycles. The first-order valence-corrected chi connectivity index (χ1v) is 9.17. The predicted octanol–water partition coefficient (Wildman–Crippen LogP) is 2.77. The van der Waals surface area contributed by atoms with Crippen molar-refractivity contribution in [1.82, 2.24) is 4.98 Å². The van der Waals surface area contributed by atoms with Crippen molar-refractivity contribution in [3.8, 4) is 0 Å². The standard InChI is InChI=1S/C9H12F3NO4P2/c1-18(14,15)5-7-3-2-4-8(13-7)6-19(16,17)9(10,11)12/h2-4H,5-6H2,1H3,(H,14,15)(H,16,17). The van der Waals surface area contributed by atoms with E-state index in [2.05, 4.69) is 4.98 Å². The lowest BCUT2D eigenvalue weighted by atomic mass is 10.3. The van der Waals surface area contributed by atoms with Crippen molar-refractivity contribution < 1.29 is 32.1 Å². The largest absolute Gasteiger partial charge is 0.465 e. The van der Waals surface area contributed by atoms with Crippen molar-refractivity contribution in [3.63, 3.8) is 0 Å². The number of halogens is 3. The SMILES string of the molecule is CP(=O)(O)Cc1cccc(CP(=O)(O)C(F)(F)F)n1. The topological polar surface area (TPSA) is 87.5 Å². The minimum Gasteiger partial charge on any atom is -0.344 e. The molecule has 0 aromatic carbocycles. The summed E-state index contributed by atoms with van der Waals surface area (Å²) < 4.78 is 59.1. The second-order valence-electron chi connectivity index (χ2n) is 4.16. The molecule has 0 aliphatic rings. The highest BCUT2D eigenvalue weighted by Crippen LogP contribution is 2.59. The van der Waals surface area contributed by atoms with Crippen LogP contribution in [-0.4, -0.2) is 27.4 Å². The van der Waals surface area contributed by atoms with E-state index in [9.17, 15) is 22.3 Å². The molecule has 10 heteroatoms. The molecule has 1 rings (SSSR count). The van der Waals surface area contributed by atoms with Crippen LogP contribution >= 0.6 is 14.7 Å². The van der Waals surface area contributed by atoms with Crippen molar-refractivity contribution in [3.05, 3.63) is 29.6 Å². The molecule has 0 saturated heterocycles. The molecule has 0 aliphatic carbocycles. The average molecular weight is 317 g/mol. The Kier molecular flexibility index (Phi) is 4.62. The molecule has 0 fully saturated rings. The molecule has 0 bridgehead atoms. The van der Waals surface area contributed by atoms with Gasteiger partial charge in [0.15, 0.2) is 0 Å². The molecule has 2 atom stereocenters. The number of nitrogens with zero attached hydrogens (tertiary/aromatic N) is 1. The minimum absolute atomic E-state index is 0.105. The third-order valence-electron chi connectivity index (χ3n) is 2.09. The van der Waals surface area contributed by atoms with E-state index in [0.717, 1.165) is 12.7 Å². The van der Waals surface area contributed by atoms with E-state index in [1.807, 2.05) is 0 Å². The number of hydrogen-bond donors (Lipinski definition) is 2. The minimum atomic E-state index is -5.36. The van der Waals surface area contributed by atoms with Gasteiger partial charge in [0.05, 0.1) is 23.7 Å². The van der Waals surface area contributed by atoms with Crippen LogP contribution in [0.5, 0.6) is 0 Å². The highest BCUT2D eigenvalue weighted by atomic mass is 31.2. The van der Waals surface area contributed by atoms with Gasteiger partial charge >= 0.3 is 13.3 Å². The maximum absolute atomic E-state index is 12.3. The Bertz CT molecular complexity index is 555. The van der Waals surface area contributed by atoms with E-state index in [4.69, 9.17) is 9.79 Å². The van der Waals surface area contributed by atoms with Gasteiger partial charge in [-0.1, -0.05) is 6.07 Å². The number of rotatable bonds is 4. The molecule has 108 valence electrons. The first-order chi connectivity index (χ1) is 8.41. The highest BCUT2D eigenvalue weighted by molar-refractivity contribution is 7.58. The van der Waals surface area contributed by atoms with Gasteiger partial charge in [-0.3, -0.25) is 14.1 Å². The van der Waals surface area contributed by atoms with Gasteiger partial charge in [0.1, 0.15) is 0 Å². The van der Waals surface area contributed by atoms with E-state index in [1.165, 1.54) is 12.1 Å². The van der Waals surface area contributed by atoms with Crippen molar-refractivity contribution in [2.45, 2.75) is 18.2 Å². The van der Waals surface area contributed by atoms with Crippen LogP contribution in [0.4, 0.5) is 13.2 Å². The Labute approximate surface area is 107 Å². The highest BCUT2D eigenvalue weighted by Gasteiger charge is 2.50. The first-order valence-electron chi connectivity index (χ1n) is 5.03. The van der Waals surface area contributed by atoms with Crippen LogP contribution in [0.25, 0.3) is 0 Å². The quantitative estimate of drug-likeness (QED) is 0.834. The molecule has 5 nitrogen and oxygen atoms in total. The van der Waals surface area contributed by atoms with Crippen LogP contribution in [0.15, 0.2) is 18.2 Å². The first kappa shape index (κ1) is 16.4. The van der Waals surface area contributed by atoms with Gasteiger partial charge in [0, 0.05) is 6.66 Å². The number of aromatic nitrogens is 1. The summed E-state index contributed by atoms with van der Waals surface area (Å²) in [5.74, 6) is -5.21. The lowest BCUT2D eigenvalue weighted by Crippen LogP contribution is -2.11. The van der Waals surface area contributed by atoms with E-state index < -0.39 is 26.8 Å². The van der Waals surface area contributed by atoms with Crippen LogP contribution < -0.4 is 0 Å². The summed E-state index contributed by atoms with van der Waals surface area (Å²) in [6, 6.07) is 3.85. The third kappa shape index (κ3) is 5.07. The van der Waals surface area contributed by atoms with Crippen LogP contribution in [0.2, 0.25) is 0 Å². The fraction of sp³-hybridized carbons (Fsp3) is 0.444. The Hall–Kier alpha value is -0.680. The summed E-state index contributed by atoms with van der Waals surface area (Å²) in [6.45, 7) is 1.09. The maximum Gasteiger partial charge on any atom is 0.465 e. The molecular formula is C9H12F3NO4P2. The molecule has 0 saturated carbocycles. The van der Waals surface area contributed by atoms with Gasteiger partial charge < -0.3 is 9.79 Å². The normalized spacial score (nSPS) is 18.6. The second-order valence-corrected chi connectivity index (χ2v) is 8.80. The molecule has 0 amide bonds. The lowest BCUT2D eigenvalue weighted by Gasteiger charge is -2.14. The Balaban J connectivity index is 2.96. The number of alkyl halides is 3. The lowest BCUT2D eigenvalue weighted by molar-refractivity contribution is -0.0555. The fourth-order valence-corrected chi connectivity index (χ4v) is 2.89. The van der Waals surface area contributed by atoms with E-state index in [-0.39, 0.29) is 17.5 Å². The zero-order chi connectivity index (χ0) is 14.9. The van der Waals surface area contributed by atoms with Gasteiger partial charge in [-0.15, -0.1) is 0 Å². The van der Waals surface area contributed by atoms with E-state index >= 15 is 0 Å². The van der Waals surface area contributed by atoms with Crippen LogP contribution in [0, 0.1) is 0 Å². The predicted molar refractivity (Wildman–Crippen MR) is 63.3 cm³/mol. The third-order valence-corrected chi connectivity index (χ3v) is 4.55. The zero-order valence-corrected chi connectivity index (χ0v) is 11.6. The van der Waals surface area contributed by atoms with Gasteiger partial charge in [-0.2, -0.15) is 13.2 Å². The molecular weight excluding hydrogens is 305 g/mol. The molecule has 1 aromatic heterocycles. The smallest absolute Gasteiger partial charge is 0.344 e. The summed E-state index contributed by atoms with van der Waals surface area (Å²) in [6.07, 6.45) is -1.45. The van der Waals surface area contributed by atoms with Crippen LogP contribution in [-0.2, 0) is 21.5 Å². The average Bonchev–Trinajstić information content (AvgIpc) is 2.12. The van der Waals surface area contributed by atoms with Crippen molar-refractivity contribution in [1.29, 1.82) is 0 Å². The molecule has 1 heterocycles. The van der Waals surface area contributed by atoms with Gasteiger partial charge in [-0.25, -0.2) is 0 Å². The van der Waals surface area contributed by atoms with E-state index in [0.29, 0.717) is 0 Å². The Morgan fingerprint density at radius 2 is 1.63 bits per heavy atom. The summed E-state index contributed by atoms with van der Waals surface area (Å²) in [7, 11) is -8.77. The summed E-state index contributed by atoms with van der Waals surface area (Å²) in [4.78, 5) is 21.8. The van der Waals surface area contributed by atoms with E-state index in [1.54, 1.807) is 0 Å². The summed E-state index contributed by atoms with van der Waals surface area (Å²) in [5.41, 5.74) is -0.137. The number of hydrogen-bond acceptors (Lipinski definition) is 3. The Morgan fingerprint density at radius 3 is 2.05 bits per heavy atom. The summed E-state index contributed by atoms with van der Waals surface area (Å²) >= 11 is 0. The number of pyridine rings is 1. The molecule has 19 heavy (non-hydrogen) atoms. The van der Waals surface area contributed by atoms with Gasteiger partial charge in [0.25, 0.3) is 0 Å². The maximum atomic E-state index is 12.3.